The molecular formula is C20H19NO6S. The van der Waals surface area contributed by atoms with Gasteiger partial charge < -0.3 is 14.5 Å². The molecule has 1 amide bonds. The van der Waals surface area contributed by atoms with Gasteiger partial charge in [-0.2, -0.15) is 0 Å². The van der Waals surface area contributed by atoms with Crippen LogP contribution in [0.15, 0.2) is 46.9 Å². The number of anilines is 1. The average Bonchev–Trinajstić information content (AvgIpc) is 3.19. The molecule has 8 heteroatoms. The Bertz CT molecular complexity index is 1160. The predicted molar refractivity (Wildman–Crippen MR) is 105 cm³/mol. The second-order valence-electron chi connectivity index (χ2n) is 6.99. The zero-order valence-corrected chi connectivity index (χ0v) is 15.8. The first-order valence-corrected chi connectivity index (χ1v) is 10.8. The van der Waals surface area contributed by atoms with Crippen molar-refractivity contribution in [2.45, 2.75) is 12.8 Å². The van der Waals surface area contributed by atoms with Crippen molar-refractivity contribution >= 4 is 49.3 Å². The molecule has 1 aromatic heterocycles. The van der Waals surface area contributed by atoms with Gasteiger partial charge in [0.15, 0.2) is 16.4 Å². The zero-order chi connectivity index (χ0) is 19.7. The molecule has 0 saturated carbocycles. The molecule has 146 valence electrons. The van der Waals surface area contributed by atoms with Crippen LogP contribution in [-0.2, 0) is 24.2 Å². The summed E-state index contributed by atoms with van der Waals surface area (Å²) < 4.78 is 33.6. The highest BCUT2D eigenvalue weighted by Crippen LogP contribution is 2.30. The fourth-order valence-electron chi connectivity index (χ4n) is 3.47. The highest BCUT2D eigenvalue weighted by atomic mass is 32.2. The number of sulfone groups is 1. The maximum Gasteiger partial charge on any atom is 0.306 e. The molecule has 0 unspecified atom stereocenters. The molecule has 1 aliphatic heterocycles. The Hall–Kier alpha value is -2.87. The number of amides is 1. The second kappa shape index (κ2) is 7.27. The van der Waals surface area contributed by atoms with Crippen molar-refractivity contribution in [3.8, 4) is 0 Å². The number of hydrogen-bond acceptors (Lipinski definition) is 6. The highest BCUT2D eigenvalue weighted by molar-refractivity contribution is 7.91. The minimum absolute atomic E-state index is 0.00691. The minimum Gasteiger partial charge on any atom is -0.456 e. The first-order valence-electron chi connectivity index (χ1n) is 8.97. The van der Waals surface area contributed by atoms with Crippen LogP contribution in [0, 0.1) is 5.92 Å². The molecule has 0 aliphatic carbocycles. The number of ether oxygens (including phenoxy) is 1. The lowest BCUT2D eigenvalue weighted by atomic mass is 10.1. The summed E-state index contributed by atoms with van der Waals surface area (Å²) in [5, 5.41) is 4.53. The first kappa shape index (κ1) is 18.5. The number of carbonyl (C=O) groups excluding carboxylic acids is 2. The van der Waals surface area contributed by atoms with Crippen LogP contribution in [0.2, 0.25) is 0 Å². The molecule has 1 fully saturated rings. The first-order chi connectivity index (χ1) is 13.4. The number of rotatable bonds is 5. The molecule has 0 spiro atoms. The van der Waals surface area contributed by atoms with Crippen molar-refractivity contribution in [1.82, 2.24) is 0 Å². The molecule has 2 aromatic carbocycles. The average molecular weight is 401 g/mol. The molecule has 1 N–H and O–H groups in total. The Labute approximate surface area is 161 Å². The topological polar surface area (TPSA) is 103 Å². The highest BCUT2D eigenvalue weighted by Gasteiger charge is 2.30. The summed E-state index contributed by atoms with van der Waals surface area (Å²) in [6.45, 7) is -0.414. The summed E-state index contributed by atoms with van der Waals surface area (Å²) in [5.74, 6) is -1.13. The van der Waals surface area contributed by atoms with Gasteiger partial charge in [-0.25, -0.2) is 8.42 Å². The molecule has 0 bridgehead atoms. The van der Waals surface area contributed by atoms with Crippen LogP contribution in [0.25, 0.3) is 21.9 Å². The molecular weight excluding hydrogens is 382 g/mol. The summed E-state index contributed by atoms with van der Waals surface area (Å²) in [6.07, 6.45) is 0.474. The van der Waals surface area contributed by atoms with Gasteiger partial charge in [0, 0.05) is 22.9 Å². The Balaban J connectivity index is 1.34. The van der Waals surface area contributed by atoms with E-state index in [1.54, 1.807) is 12.1 Å². The monoisotopic (exact) mass is 401 g/mol. The van der Waals surface area contributed by atoms with Gasteiger partial charge in [-0.15, -0.1) is 0 Å². The van der Waals surface area contributed by atoms with E-state index in [1.165, 1.54) is 0 Å². The van der Waals surface area contributed by atoms with Crippen LogP contribution < -0.4 is 5.32 Å². The summed E-state index contributed by atoms with van der Waals surface area (Å²) in [7, 11) is -3.04. The summed E-state index contributed by atoms with van der Waals surface area (Å²) in [5.41, 5.74) is 2.06. The summed E-state index contributed by atoms with van der Waals surface area (Å²) >= 11 is 0. The van der Waals surface area contributed by atoms with Crippen molar-refractivity contribution in [1.29, 1.82) is 0 Å². The Kier molecular flexibility index (Phi) is 4.80. The molecule has 1 saturated heterocycles. The van der Waals surface area contributed by atoms with Gasteiger partial charge in [0.25, 0.3) is 5.91 Å². The van der Waals surface area contributed by atoms with Crippen LogP contribution in [0.3, 0.4) is 0 Å². The summed E-state index contributed by atoms with van der Waals surface area (Å²) in [6, 6.07) is 12.9. The zero-order valence-electron chi connectivity index (χ0n) is 15.0. The largest absolute Gasteiger partial charge is 0.456 e. The number of nitrogens with one attached hydrogen (secondary N) is 1. The molecule has 2 heterocycles. The minimum atomic E-state index is -3.04. The standard InChI is InChI=1S/C20H19NO6S/c22-19(11-26-20(23)9-13-7-8-28(24,25)12-13)21-14-5-6-18-16(10-14)15-3-1-2-4-17(15)27-18/h1-6,10,13H,7-9,11-12H2,(H,21,22)/t13-/m0/s1. The Morgan fingerprint density at radius 3 is 2.68 bits per heavy atom. The van der Waals surface area contributed by atoms with E-state index >= 15 is 0 Å². The van der Waals surface area contributed by atoms with Gasteiger partial charge in [0.05, 0.1) is 11.5 Å². The number of esters is 1. The maximum atomic E-state index is 12.1. The number of benzene rings is 2. The van der Waals surface area contributed by atoms with E-state index in [1.807, 2.05) is 30.3 Å². The van der Waals surface area contributed by atoms with E-state index in [-0.39, 0.29) is 23.8 Å². The smallest absolute Gasteiger partial charge is 0.306 e. The third kappa shape index (κ3) is 4.01. The molecule has 4 rings (SSSR count). The number of furan rings is 1. The van der Waals surface area contributed by atoms with Crippen molar-refractivity contribution in [3.05, 3.63) is 42.5 Å². The van der Waals surface area contributed by atoms with E-state index in [4.69, 9.17) is 9.15 Å². The van der Waals surface area contributed by atoms with Crippen molar-refractivity contribution in [3.63, 3.8) is 0 Å². The SMILES string of the molecule is O=C(COC(=O)C[C@@H]1CCS(=O)(=O)C1)Nc1ccc2oc3ccccc3c2c1. The van der Waals surface area contributed by atoms with Crippen molar-refractivity contribution < 1.29 is 27.2 Å². The third-order valence-electron chi connectivity index (χ3n) is 4.81. The van der Waals surface area contributed by atoms with Crippen LogP contribution >= 0.6 is 0 Å². The van der Waals surface area contributed by atoms with E-state index in [0.717, 1.165) is 21.9 Å². The third-order valence-corrected chi connectivity index (χ3v) is 6.64. The van der Waals surface area contributed by atoms with E-state index in [9.17, 15) is 18.0 Å². The fraction of sp³-hybridized carbons (Fsp3) is 0.300. The van der Waals surface area contributed by atoms with Gasteiger partial charge in [0.1, 0.15) is 11.2 Å². The quantitative estimate of drug-likeness (QED) is 0.660. The Morgan fingerprint density at radius 2 is 1.89 bits per heavy atom. The lowest BCUT2D eigenvalue weighted by Gasteiger charge is -2.09. The maximum absolute atomic E-state index is 12.1. The van der Waals surface area contributed by atoms with Gasteiger partial charge in [-0.3, -0.25) is 9.59 Å². The van der Waals surface area contributed by atoms with Crippen molar-refractivity contribution in [2.24, 2.45) is 5.92 Å². The van der Waals surface area contributed by atoms with Crippen molar-refractivity contribution in [2.75, 3.05) is 23.4 Å². The molecule has 7 nitrogen and oxygen atoms in total. The van der Waals surface area contributed by atoms with Gasteiger partial charge in [-0.1, -0.05) is 18.2 Å². The number of carbonyl (C=O) groups is 2. The number of fused-ring (bicyclic) bond motifs is 3. The van der Waals surface area contributed by atoms with Gasteiger partial charge >= 0.3 is 5.97 Å². The predicted octanol–water partition coefficient (Wildman–Crippen LogP) is 2.89. The van der Waals surface area contributed by atoms with Crippen LogP contribution in [0.1, 0.15) is 12.8 Å². The number of hydrogen-bond donors (Lipinski definition) is 1. The van der Waals surface area contributed by atoms with Gasteiger partial charge in [0.2, 0.25) is 0 Å². The van der Waals surface area contributed by atoms with Gasteiger partial charge in [-0.05, 0) is 36.6 Å². The van der Waals surface area contributed by atoms with E-state index in [0.29, 0.717) is 12.1 Å². The second-order valence-corrected chi connectivity index (χ2v) is 9.22. The molecule has 28 heavy (non-hydrogen) atoms. The van der Waals surface area contributed by atoms with Crippen LogP contribution in [0.4, 0.5) is 5.69 Å². The van der Waals surface area contributed by atoms with Crippen LogP contribution in [0.5, 0.6) is 0 Å². The lowest BCUT2D eigenvalue weighted by molar-refractivity contribution is -0.148. The fourth-order valence-corrected chi connectivity index (χ4v) is 5.34. The number of para-hydroxylation sites is 1. The van der Waals surface area contributed by atoms with E-state index < -0.39 is 28.3 Å². The molecule has 3 aromatic rings. The lowest BCUT2D eigenvalue weighted by Crippen LogP contribution is -2.22. The normalized spacial score (nSPS) is 18.4. The van der Waals surface area contributed by atoms with E-state index in [2.05, 4.69) is 5.32 Å². The molecule has 1 aliphatic rings. The Morgan fingerprint density at radius 1 is 1.11 bits per heavy atom. The molecule has 1 atom stereocenters. The molecule has 0 radical (unpaired) electrons. The van der Waals surface area contributed by atoms with Crippen LogP contribution in [-0.4, -0.2) is 38.4 Å². The summed E-state index contributed by atoms with van der Waals surface area (Å²) in [4.78, 5) is 23.9.